The third-order valence-corrected chi connectivity index (χ3v) is 6.64. The monoisotopic (exact) mass is 469 g/mol. The van der Waals surface area contributed by atoms with Crippen LogP contribution in [0.4, 0.5) is 0 Å². The molecule has 0 spiro atoms. The van der Waals surface area contributed by atoms with Crippen LogP contribution >= 0.6 is 0 Å². The SMILES string of the molecule is CCCCCCCCCCCCCCCCCC(=O)[O-].CCCC[NH+](CCCC)CCCC. The van der Waals surface area contributed by atoms with E-state index >= 15 is 0 Å². The smallest absolute Gasteiger partial charge is 0.0770 e. The van der Waals surface area contributed by atoms with Gasteiger partial charge >= 0.3 is 0 Å². The number of hydrogen-bond acceptors (Lipinski definition) is 2. The van der Waals surface area contributed by atoms with Crippen LogP contribution in [-0.4, -0.2) is 25.6 Å². The van der Waals surface area contributed by atoms with Crippen molar-refractivity contribution in [1.29, 1.82) is 0 Å². The Bertz CT molecular complexity index is 340. The van der Waals surface area contributed by atoms with Crippen LogP contribution in [0.25, 0.3) is 0 Å². The highest BCUT2D eigenvalue weighted by Gasteiger charge is 2.05. The lowest BCUT2D eigenvalue weighted by molar-refractivity contribution is -0.900. The van der Waals surface area contributed by atoms with Crippen molar-refractivity contribution < 1.29 is 14.8 Å². The molecule has 0 aromatic heterocycles. The van der Waals surface area contributed by atoms with Crippen LogP contribution in [0.15, 0.2) is 0 Å². The molecule has 0 amide bonds. The van der Waals surface area contributed by atoms with Crippen LogP contribution in [-0.2, 0) is 4.79 Å². The highest BCUT2D eigenvalue weighted by Crippen LogP contribution is 2.13. The minimum atomic E-state index is -0.903. The van der Waals surface area contributed by atoms with Crippen LogP contribution < -0.4 is 10.0 Å². The average molecular weight is 470 g/mol. The molecule has 0 unspecified atom stereocenters. The molecule has 3 nitrogen and oxygen atoms in total. The Balaban J connectivity index is 0. The van der Waals surface area contributed by atoms with Crippen molar-refractivity contribution in [2.24, 2.45) is 0 Å². The van der Waals surface area contributed by atoms with Crippen molar-refractivity contribution in [2.45, 2.75) is 169 Å². The first-order chi connectivity index (χ1) is 16.1. The summed E-state index contributed by atoms with van der Waals surface area (Å²) in [5.41, 5.74) is 0. The number of unbranched alkanes of at least 4 members (excludes halogenated alkanes) is 17. The topological polar surface area (TPSA) is 44.6 Å². The molecule has 1 N–H and O–H groups in total. The van der Waals surface area contributed by atoms with Gasteiger partial charge in [0.1, 0.15) is 0 Å². The maximum atomic E-state index is 10.2. The number of quaternary nitrogens is 1. The molecule has 0 aliphatic carbocycles. The summed E-state index contributed by atoms with van der Waals surface area (Å²) in [6, 6.07) is 0. The fraction of sp³-hybridized carbons (Fsp3) is 0.967. The van der Waals surface area contributed by atoms with Gasteiger partial charge in [-0.2, -0.15) is 0 Å². The van der Waals surface area contributed by atoms with Gasteiger partial charge in [-0.25, -0.2) is 0 Å². The van der Waals surface area contributed by atoms with Crippen LogP contribution in [0.1, 0.15) is 169 Å². The molecular formula is C30H63NO2. The Morgan fingerprint density at radius 2 is 0.727 bits per heavy atom. The van der Waals surface area contributed by atoms with E-state index in [1.54, 1.807) is 0 Å². The molecule has 0 saturated heterocycles. The first kappa shape index (κ1) is 34.6. The quantitative estimate of drug-likeness (QED) is 0.143. The van der Waals surface area contributed by atoms with Crippen LogP contribution in [0.2, 0.25) is 0 Å². The van der Waals surface area contributed by atoms with E-state index in [4.69, 9.17) is 0 Å². The standard InChI is InChI=1S/C18H36O2.C12H27N/c1-2-3-4-5-6-7-8-9-10-11-12-13-14-15-16-17-18(19)20;1-4-7-10-13(11-8-5-2)12-9-6-3/h2-17H2,1H3,(H,19,20);4-12H2,1-3H3. The molecule has 0 rings (SSSR count). The molecule has 0 fully saturated rings. The highest BCUT2D eigenvalue weighted by molar-refractivity contribution is 5.63. The van der Waals surface area contributed by atoms with Crippen molar-refractivity contribution in [3.8, 4) is 0 Å². The van der Waals surface area contributed by atoms with E-state index < -0.39 is 5.97 Å². The second-order valence-corrected chi connectivity index (χ2v) is 10.1. The second-order valence-electron chi connectivity index (χ2n) is 10.1. The number of carboxylic acid groups (broad SMARTS) is 1. The number of hydrogen-bond donors (Lipinski definition) is 1. The molecule has 0 saturated carbocycles. The minimum Gasteiger partial charge on any atom is -0.550 e. The summed E-state index contributed by atoms with van der Waals surface area (Å²) in [5, 5.41) is 10.2. The molecule has 0 bridgehead atoms. The van der Waals surface area contributed by atoms with Gasteiger partial charge in [0.2, 0.25) is 0 Å². The van der Waals surface area contributed by atoms with Gasteiger partial charge in [0.05, 0.1) is 19.6 Å². The molecular weight excluding hydrogens is 406 g/mol. The van der Waals surface area contributed by atoms with Gasteiger partial charge in [-0.3, -0.25) is 0 Å². The van der Waals surface area contributed by atoms with Crippen LogP contribution in [0.5, 0.6) is 0 Å². The maximum Gasteiger partial charge on any atom is 0.0770 e. The lowest BCUT2D eigenvalue weighted by Crippen LogP contribution is -3.12. The van der Waals surface area contributed by atoms with E-state index in [0.717, 1.165) is 12.8 Å². The van der Waals surface area contributed by atoms with E-state index in [2.05, 4.69) is 27.7 Å². The fourth-order valence-corrected chi connectivity index (χ4v) is 4.30. The Hall–Kier alpha value is -0.570. The van der Waals surface area contributed by atoms with Gasteiger partial charge in [-0.1, -0.05) is 137 Å². The van der Waals surface area contributed by atoms with Gasteiger partial charge in [0.25, 0.3) is 0 Å². The zero-order valence-corrected chi connectivity index (χ0v) is 23.5. The summed E-state index contributed by atoms with van der Waals surface area (Å²) in [4.78, 5) is 12.1. The Labute approximate surface area is 209 Å². The average Bonchev–Trinajstić information content (AvgIpc) is 2.81. The third kappa shape index (κ3) is 33.7. The number of carbonyl (C=O) groups excluding carboxylic acids is 1. The first-order valence-corrected chi connectivity index (χ1v) is 15.2. The molecule has 0 heterocycles. The third-order valence-electron chi connectivity index (χ3n) is 6.64. The van der Waals surface area contributed by atoms with Crippen LogP contribution in [0, 0.1) is 0 Å². The van der Waals surface area contributed by atoms with E-state index in [1.165, 1.54) is 142 Å². The summed E-state index contributed by atoms with van der Waals surface area (Å²) >= 11 is 0. The summed E-state index contributed by atoms with van der Waals surface area (Å²) in [7, 11) is 0. The van der Waals surface area contributed by atoms with Crippen molar-refractivity contribution >= 4 is 5.97 Å². The van der Waals surface area contributed by atoms with Crippen molar-refractivity contribution in [2.75, 3.05) is 19.6 Å². The largest absolute Gasteiger partial charge is 0.550 e. The van der Waals surface area contributed by atoms with Gasteiger partial charge in [-0.15, -0.1) is 0 Å². The van der Waals surface area contributed by atoms with Crippen molar-refractivity contribution in [3.63, 3.8) is 0 Å². The number of aliphatic carboxylic acids is 1. The Kier molecular flexibility index (Phi) is 33.0. The van der Waals surface area contributed by atoms with Crippen molar-refractivity contribution in [3.05, 3.63) is 0 Å². The zero-order chi connectivity index (χ0) is 24.8. The molecule has 0 radical (unpaired) electrons. The van der Waals surface area contributed by atoms with Gasteiger partial charge in [0.15, 0.2) is 0 Å². The van der Waals surface area contributed by atoms with E-state index in [9.17, 15) is 9.90 Å². The summed E-state index contributed by atoms with van der Waals surface area (Å²) in [5.74, 6) is -0.903. The van der Waals surface area contributed by atoms with Crippen molar-refractivity contribution in [1.82, 2.24) is 0 Å². The lowest BCUT2D eigenvalue weighted by Gasteiger charge is -2.18. The lowest BCUT2D eigenvalue weighted by atomic mass is 10.0. The van der Waals surface area contributed by atoms with Gasteiger partial charge in [0, 0.05) is 5.97 Å². The molecule has 200 valence electrons. The fourth-order valence-electron chi connectivity index (χ4n) is 4.30. The number of carboxylic acids is 1. The number of nitrogens with one attached hydrogen (secondary N) is 1. The normalized spacial score (nSPS) is 10.9. The van der Waals surface area contributed by atoms with Crippen LogP contribution in [0.3, 0.4) is 0 Å². The molecule has 0 aromatic rings. The molecule has 3 heteroatoms. The first-order valence-electron chi connectivity index (χ1n) is 15.2. The van der Waals surface area contributed by atoms with Gasteiger partial charge in [-0.05, 0) is 32.1 Å². The number of carbonyl (C=O) groups is 1. The zero-order valence-electron chi connectivity index (χ0n) is 23.5. The Morgan fingerprint density at radius 1 is 0.455 bits per heavy atom. The Morgan fingerprint density at radius 3 is 1.00 bits per heavy atom. The van der Waals surface area contributed by atoms with Gasteiger partial charge < -0.3 is 14.8 Å². The molecule has 0 aromatic carbocycles. The maximum absolute atomic E-state index is 10.2. The predicted molar refractivity (Wildman–Crippen MR) is 145 cm³/mol. The molecule has 0 aliphatic heterocycles. The highest BCUT2D eigenvalue weighted by atomic mass is 16.4. The minimum absolute atomic E-state index is 0.234. The second kappa shape index (κ2) is 31.4. The molecule has 0 atom stereocenters. The predicted octanol–water partition coefficient (Wildman–Crippen LogP) is 7.27. The summed E-state index contributed by atoms with van der Waals surface area (Å²) in [6.07, 6.45) is 28.1. The van der Waals surface area contributed by atoms with E-state index in [1.807, 2.05) is 4.90 Å². The number of rotatable bonds is 25. The molecule has 33 heavy (non-hydrogen) atoms. The van der Waals surface area contributed by atoms with E-state index in [0.29, 0.717) is 0 Å². The molecule has 0 aliphatic rings. The summed E-state index contributed by atoms with van der Waals surface area (Å²) in [6.45, 7) is 13.3. The summed E-state index contributed by atoms with van der Waals surface area (Å²) < 4.78 is 0. The van der Waals surface area contributed by atoms with E-state index in [-0.39, 0.29) is 6.42 Å².